The molecule has 0 aromatic heterocycles. The number of halogens is 1. The molecule has 4 rings (SSSR count). The normalized spacial score (nSPS) is 23.1. The van der Waals surface area contributed by atoms with E-state index < -0.39 is 10.0 Å². The van der Waals surface area contributed by atoms with Crippen LogP contribution in [0.5, 0.6) is 0 Å². The van der Waals surface area contributed by atoms with Gasteiger partial charge in [0.15, 0.2) is 5.78 Å². The molecule has 27 heavy (non-hydrogen) atoms. The molecular weight excluding hydrogens is 382 g/mol. The van der Waals surface area contributed by atoms with Crippen LogP contribution in [0.1, 0.15) is 17.5 Å². The summed E-state index contributed by atoms with van der Waals surface area (Å²) in [6.45, 7) is 2.11. The molecular formula is C21H20ClNO3S. The highest BCUT2D eigenvalue weighted by Gasteiger charge is 2.49. The molecule has 0 unspecified atom stereocenters. The van der Waals surface area contributed by atoms with Crippen molar-refractivity contribution < 1.29 is 13.2 Å². The van der Waals surface area contributed by atoms with Crippen molar-refractivity contribution in [2.24, 2.45) is 5.92 Å². The van der Waals surface area contributed by atoms with Crippen LogP contribution in [0, 0.1) is 12.8 Å². The molecule has 0 spiro atoms. The van der Waals surface area contributed by atoms with Gasteiger partial charge in [-0.25, -0.2) is 8.42 Å². The maximum Gasteiger partial charge on any atom is 0.243 e. The van der Waals surface area contributed by atoms with Crippen LogP contribution in [-0.2, 0) is 21.2 Å². The minimum absolute atomic E-state index is 0.0814. The largest absolute Gasteiger partial charge is 0.293 e. The molecule has 2 atom stereocenters. The number of hydrogen-bond donors (Lipinski definition) is 0. The first-order chi connectivity index (χ1) is 12.9. The standard InChI is InChI=1S/C21H20ClNO3S/c1-14-7-9-16(10-8-14)27(25,26)23-13-18-17(12-20(24)21(18)22)19(23)11-15-5-3-2-4-6-15/h2-10,17,19H,11-13H2,1H3/t17-,19+/m0/s1. The summed E-state index contributed by atoms with van der Waals surface area (Å²) >= 11 is 6.22. The van der Waals surface area contributed by atoms with Crippen molar-refractivity contribution in [2.45, 2.75) is 30.7 Å². The molecule has 0 radical (unpaired) electrons. The third-order valence-electron chi connectivity index (χ3n) is 5.46. The first-order valence-electron chi connectivity index (χ1n) is 8.92. The van der Waals surface area contributed by atoms with Gasteiger partial charge >= 0.3 is 0 Å². The summed E-state index contributed by atoms with van der Waals surface area (Å²) in [5.41, 5.74) is 2.81. The molecule has 0 N–H and O–H groups in total. The molecule has 0 bridgehead atoms. The molecule has 2 aliphatic rings. The van der Waals surface area contributed by atoms with Crippen LogP contribution in [0.4, 0.5) is 0 Å². The molecule has 1 aliphatic heterocycles. The van der Waals surface area contributed by atoms with Crippen LogP contribution >= 0.6 is 11.6 Å². The number of carbonyl (C=O) groups excluding carboxylic acids is 1. The van der Waals surface area contributed by atoms with E-state index in [4.69, 9.17) is 11.6 Å². The Morgan fingerprint density at radius 3 is 2.41 bits per heavy atom. The second-order valence-corrected chi connectivity index (χ2v) is 9.46. The maximum atomic E-state index is 13.3. The smallest absolute Gasteiger partial charge is 0.243 e. The van der Waals surface area contributed by atoms with Gasteiger partial charge < -0.3 is 0 Å². The van der Waals surface area contributed by atoms with Crippen molar-refractivity contribution in [3.05, 3.63) is 76.3 Å². The van der Waals surface area contributed by atoms with Gasteiger partial charge in [-0.1, -0.05) is 59.6 Å². The molecule has 1 heterocycles. The van der Waals surface area contributed by atoms with E-state index in [2.05, 4.69) is 0 Å². The van der Waals surface area contributed by atoms with Gasteiger partial charge in [-0.2, -0.15) is 4.31 Å². The summed E-state index contributed by atoms with van der Waals surface area (Å²) in [6.07, 6.45) is 0.836. The number of fused-ring (bicyclic) bond motifs is 1. The number of aryl methyl sites for hydroxylation is 1. The third-order valence-corrected chi connectivity index (χ3v) is 7.79. The fraction of sp³-hybridized carbons (Fsp3) is 0.286. The van der Waals surface area contributed by atoms with E-state index in [1.165, 1.54) is 4.31 Å². The average molecular weight is 402 g/mol. The van der Waals surface area contributed by atoms with Crippen LogP contribution in [0.2, 0.25) is 0 Å². The monoisotopic (exact) mass is 401 g/mol. The van der Waals surface area contributed by atoms with Crippen LogP contribution in [0.3, 0.4) is 0 Å². The van der Waals surface area contributed by atoms with Gasteiger partial charge in [0.05, 0.1) is 9.93 Å². The molecule has 0 saturated carbocycles. The highest BCUT2D eigenvalue weighted by molar-refractivity contribution is 7.89. The summed E-state index contributed by atoms with van der Waals surface area (Å²) in [6, 6.07) is 16.3. The van der Waals surface area contributed by atoms with Crippen molar-refractivity contribution in [1.29, 1.82) is 0 Å². The zero-order chi connectivity index (χ0) is 19.2. The summed E-state index contributed by atoms with van der Waals surface area (Å²) in [5, 5.41) is 0.222. The fourth-order valence-corrected chi connectivity index (χ4v) is 5.92. The lowest BCUT2D eigenvalue weighted by molar-refractivity contribution is -0.115. The number of rotatable bonds is 4. The van der Waals surface area contributed by atoms with Crippen molar-refractivity contribution >= 4 is 27.4 Å². The van der Waals surface area contributed by atoms with E-state index >= 15 is 0 Å². The predicted molar refractivity (Wildman–Crippen MR) is 105 cm³/mol. The van der Waals surface area contributed by atoms with Crippen LogP contribution in [0.25, 0.3) is 0 Å². The molecule has 1 fully saturated rings. The van der Waals surface area contributed by atoms with Crippen molar-refractivity contribution in [2.75, 3.05) is 6.54 Å². The van der Waals surface area contributed by atoms with E-state index in [0.717, 1.165) is 16.7 Å². The van der Waals surface area contributed by atoms with Gasteiger partial charge in [0.2, 0.25) is 10.0 Å². The van der Waals surface area contributed by atoms with Gasteiger partial charge in [-0.15, -0.1) is 0 Å². The van der Waals surface area contributed by atoms with E-state index in [9.17, 15) is 13.2 Å². The summed E-state index contributed by atoms with van der Waals surface area (Å²) in [4.78, 5) is 12.4. The lowest BCUT2D eigenvalue weighted by Crippen LogP contribution is -2.39. The second-order valence-electron chi connectivity index (χ2n) is 7.19. The van der Waals surface area contributed by atoms with Crippen molar-refractivity contribution in [1.82, 2.24) is 4.31 Å². The topological polar surface area (TPSA) is 54.5 Å². The SMILES string of the molecule is Cc1ccc(S(=O)(=O)N2CC3=C(Cl)C(=O)C[C@@H]3[C@H]2Cc2ccccc2)cc1. The number of benzene rings is 2. The molecule has 6 heteroatoms. The summed E-state index contributed by atoms with van der Waals surface area (Å²) in [5.74, 6) is -0.229. The molecule has 2 aromatic rings. The zero-order valence-corrected chi connectivity index (χ0v) is 16.5. The van der Waals surface area contributed by atoms with E-state index in [-0.39, 0.29) is 40.6 Å². The molecule has 0 amide bonds. The lowest BCUT2D eigenvalue weighted by Gasteiger charge is -2.27. The quantitative estimate of drug-likeness (QED) is 0.785. The number of sulfonamides is 1. The lowest BCUT2D eigenvalue weighted by atomic mass is 9.92. The van der Waals surface area contributed by atoms with E-state index in [0.29, 0.717) is 6.42 Å². The highest BCUT2D eigenvalue weighted by Crippen LogP contribution is 2.44. The molecule has 1 aliphatic carbocycles. The Morgan fingerprint density at radius 1 is 1.07 bits per heavy atom. The predicted octanol–water partition coefficient (Wildman–Crippen LogP) is 3.69. The minimum atomic E-state index is -3.68. The Kier molecular flexibility index (Phi) is 4.70. The first kappa shape index (κ1) is 18.4. The van der Waals surface area contributed by atoms with Gasteiger partial charge in [0.1, 0.15) is 0 Å². The molecule has 140 valence electrons. The van der Waals surface area contributed by atoms with Gasteiger partial charge in [-0.05, 0) is 36.6 Å². The van der Waals surface area contributed by atoms with Gasteiger partial charge in [-0.3, -0.25) is 4.79 Å². The number of allylic oxidation sites excluding steroid dienone is 1. The highest BCUT2D eigenvalue weighted by atomic mass is 35.5. The Labute approximate surface area is 164 Å². The van der Waals surface area contributed by atoms with E-state index in [1.54, 1.807) is 24.3 Å². The number of nitrogens with zero attached hydrogens (tertiary/aromatic N) is 1. The van der Waals surface area contributed by atoms with Crippen LogP contribution < -0.4 is 0 Å². The number of carbonyl (C=O) groups is 1. The number of ketones is 1. The third kappa shape index (κ3) is 3.24. The van der Waals surface area contributed by atoms with Gasteiger partial charge in [0.25, 0.3) is 0 Å². The van der Waals surface area contributed by atoms with Crippen molar-refractivity contribution in [3.8, 4) is 0 Å². The minimum Gasteiger partial charge on any atom is -0.293 e. The summed E-state index contributed by atoms with van der Waals surface area (Å²) < 4.78 is 28.2. The zero-order valence-electron chi connectivity index (χ0n) is 14.9. The molecule has 4 nitrogen and oxygen atoms in total. The van der Waals surface area contributed by atoms with Crippen LogP contribution in [-0.4, -0.2) is 31.1 Å². The average Bonchev–Trinajstić information content (AvgIpc) is 3.14. The van der Waals surface area contributed by atoms with E-state index in [1.807, 2.05) is 37.3 Å². The Balaban J connectivity index is 1.75. The second kappa shape index (κ2) is 6.89. The summed E-state index contributed by atoms with van der Waals surface area (Å²) in [7, 11) is -3.68. The Bertz CT molecular complexity index is 1010. The fourth-order valence-electron chi connectivity index (χ4n) is 4.00. The van der Waals surface area contributed by atoms with Crippen molar-refractivity contribution in [3.63, 3.8) is 0 Å². The Morgan fingerprint density at radius 2 is 1.74 bits per heavy atom. The molecule has 1 saturated heterocycles. The van der Waals surface area contributed by atoms with Crippen LogP contribution in [0.15, 0.2) is 70.1 Å². The number of Topliss-reactive ketones (excluding diaryl/α,β-unsaturated/α-hetero) is 1. The maximum absolute atomic E-state index is 13.3. The molecule has 2 aromatic carbocycles. The van der Waals surface area contributed by atoms with Gasteiger partial charge in [0, 0.05) is 24.9 Å². The number of hydrogen-bond acceptors (Lipinski definition) is 3. The Hall–Kier alpha value is -1.95. The first-order valence-corrected chi connectivity index (χ1v) is 10.7.